The van der Waals surface area contributed by atoms with Crippen molar-refractivity contribution in [2.24, 2.45) is 0 Å². The number of hydrogen-bond acceptors (Lipinski definition) is 6. The molecule has 0 spiro atoms. The van der Waals surface area contributed by atoms with Gasteiger partial charge in [-0.05, 0) is 171 Å². The molecule has 1 aromatic carbocycles. The molecule has 45 heavy (non-hydrogen) atoms. The summed E-state index contributed by atoms with van der Waals surface area (Å²) in [5, 5.41) is 7.68. The second-order valence-corrected chi connectivity index (χ2v) is 11.7. The summed E-state index contributed by atoms with van der Waals surface area (Å²) in [6.45, 7) is 31.0. The standard InChI is InChI=1S/C9H12.2C8H11N.2C7H10N2/c1-7-5-4-6-8(2)9(7)3;1-6-4-9-5-7(2)8(6)3;1-6-4-5-9-8(3)7(6)2;1-5-6(2)8-4-9-7(5)3;1-5-4-8-9-7(3)6(5)2/h4-6H,1-3H3;2*4-5H,1-3H3;2*4H,1-3H3. The van der Waals surface area contributed by atoms with Crippen LogP contribution in [0.25, 0.3) is 0 Å². The number of aryl methyl sites for hydroxylation is 10. The number of aromatic nitrogens is 6. The summed E-state index contributed by atoms with van der Waals surface area (Å²) in [5.74, 6) is 0. The van der Waals surface area contributed by atoms with E-state index in [1.165, 1.54) is 61.2 Å². The molecule has 5 aromatic rings. The molecule has 6 nitrogen and oxygen atoms in total. The number of pyridine rings is 2. The van der Waals surface area contributed by atoms with E-state index in [2.05, 4.69) is 111 Å². The van der Waals surface area contributed by atoms with Crippen LogP contribution in [0.3, 0.4) is 0 Å². The van der Waals surface area contributed by atoms with E-state index < -0.39 is 0 Å². The Morgan fingerprint density at radius 2 is 0.800 bits per heavy atom. The average molecular weight is 607 g/mol. The molecule has 0 fully saturated rings. The summed E-state index contributed by atoms with van der Waals surface area (Å²) in [4.78, 5) is 16.2. The first-order valence-electron chi connectivity index (χ1n) is 15.4. The minimum absolute atomic E-state index is 1.02. The molecular formula is C39H54N6. The third kappa shape index (κ3) is 13.1. The van der Waals surface area contributed by atoms with Crippen LogP contribution in [-0.2, 0) is 0 Å². The zero-order valence-corrected chi connectivity index (χ0v) is 30.4. The third-order valence-corrected chi connectivity index (χ3v) is 8.50. The fourth-order valence-corrected chi connectivity index (χ4v) is 3.75. The molecular weight excluding hydrogens is 552 g/mol. The SMILES string of the molecule is Cc1cccc(C)c1C.Cc1ccnc(C)c1C.Cc1cncc(C)c1C.Cc1cnnc(C)c1C.Cc1ncnc(C)c1C. The van der Waals surface area contributed by atoms with E-state index in [1.54, 1.807) is 12.5 Å². The highest BCUT2D eigenvalue weighted by molar-refractivity contribution is 5.32. The van der Waals surface area contributed by atoms with Gasteiger partial charge in [0.1, 0.15) is 6.33 Å². The van der Waals surface area contributed by atoms with Gasteiger partial charge in [-0.15, -0.1) is 0 Å². The average Bonchev–Trinajstić information content (AvgIpc) is 3.00. The molecule has 0 saturated heterocycles. The van der Waals surface area contributed by atoms with Gasteiger partial charge in [-0.3, -0.25) is 9.97 Å². The molecule has 0 unspecified atom stereocenters. The Labute approximate surface area is 272 Å². The number of hydrogen-bond donors (Lipinski definition) is 0. The molecule has 0 aliphatic heterocycles. The van der Waals surface area contributed by atoms with Crippen molar-refractivity contribution in [2.45, 2.75) is 104 Å². The maximum Gasteiger partial charge on any atom is 0.115 e. The van der Waals surface area contributed by atoms with Crippen LogP contribution in [0.15, 0.2) is 55.4 Å². The third-order valence-electron chi connectivity index (χ3n) is 8.50. The molecule has 4 heterocycles. The highest BCUT2D eigenvalue weighted by Crippen LogP contribution is 2.11. The predicted octanol–water partition coefficient (Wildman–Crippen LogP) is 9.43. The van der Waals surface area contributed by atoms with Gasteiger partial charge in [0.05, 0.1) is 11.9 Å². The summed E-state index contributed by atoms with van der Waals surface area (Å²) in [6, 6.07) is 8.41. The minimum Gasteiger partial charge on any atom is -0.264 e. The first kappa shape index (κ1) is 38.7. The van der Waals surface area contributed by atoms with Crippen molar-refractivity contribution >= 4 is 0 Å². The molecule has 0 aliphatic rings. The first-order valence-corrected chi connectivity index (χ1v) is 15.4. The lowest BCUT2D eigenvalue weighted by atomic mass is 10.1. The normalized spacial score (nSPS) is 9.67. The van der Waals surface area contributed by atoms with Gasteiger partial charge in [0.15, 0.2) is 0 Å². The van der Waals surface area contributed by atoms with Crippen molar-refractivity contribution < 1.29 is 0 Å². The molecule has 5 rings (SSSR count). The van der Waals surface area contributed by atoms with Crippen LogP contribution in [-0.4, -0.2) is 30.1 Å². The van der Waals surface area contributed by atoms with Crippen LogP contribution in [0, 0.1) is 104 Å². The predicted molar refractivity (Wildman–Crippen MR) is 190 cm³/mol. The summed E-state index contributed by atoms with van der Waals surface area (Å²) < 4.78 is 0. The highest BCUT2D eigenvalue weighted by Gasteiger charge is 1.97. The van der Waals surface area contributed by atoms with E-state index in [-0.39, 0.29) is 0 Å². The zero-order chi connectivity index (χ0) is 34.3. The van der Waals surface area contributed by atoms with E-state index in [4.69, 9.17) is 0 Å². The van der Waals surface area contributed by atoms with Gasteiger partial charge in [-0.2, -0.15) is 10.2 Å². The lowest BCUT2D eigenvalue weighted by molar-refractivity contribution is 0.944. The molecule has 0 radical (unpaired) electrons. The van der Waals surface area contributed by atoms with Gasteiger partial charge in [0.25, 0.3) is 0 Å². The van der Waals surface area contributed by atoms with Crippen LogP contribution in [0.1, 0.15) is 84.0 Å². The second-order valence-electron chi connectivity index (χ2n) is 11.7. The fraction of sp³-hybridized carbons (Fsp3) is 0.385. The minimum atomic E-state index is 1.02. The molecule has 0 saturated carbocycles. The van der Waals surface area contributed by atoms with Crippen LogP contribution < -0.4 is 0 Å². The van der Waals surface area contributed by atoms with Crippen molar-refractivity contribution in [2.75, 3.05) is 0 Å². The molecule has 0 aliphatic carbocycles. The lowest BCUT2D eigenvalue weighted by Crippen LogP contribution is -1.92. The molecule has 0 atom stereocenters. The van der Waals surface area contributed by atoms with Gasteiger partial charge in [-0.1, -0.05) is 18.2 Å². The van der Waals surface area contributed by atoms with Gasteiger partial charge >= 0.3 is 0 Å². The Hall–Kier alpha value is -4.32. The van der Waals surface area contributed by atoms with Crippen molar-refractivity contribution in [3.63, 3.8) is 0 Å². The largest absolute Gasteiger partial charge is 0.264 e. The van der Waals surface area contributed by atoms with Gasteiger partial charge in [0.2, 0.25) is 0 Å². The Balaban J connectivity index is 0.000000281. The van der Waals surface area contributed by atoms with E-state index in [9.17, 15) is 0 Å². The Bertz CT molecular complexity index is 1270. The summed E-state index contributed by atoms with van der Waals surface area (Å²) in [5.41, 5.74) is 18.7. The summed E-state index contributed by atoms with van der Waals surface area (Å²) in [6.07, 6.45) is 9.00. The maximum atomic E-state index is 4.14. The Kier molecular flexibility index (Phi) is 16.5. The maximum absolute atomic E-state index is 4.14. The van der Waals surface area contributed by atoms with Crippen molar-refractivity contribution in [3.05, 3.63) is 139 Å². The summed E-state index contributed by atoms with van der Waals surface area (Å²) in [7, 11) is 0. The topological polar surface area (TPSA) is 77.3 Å². The van der Waals surface area contributed by atoms with E-state index >= 15 is 0 Å². The Morgan fingerprint density at radius 3 is 1.18 bits per heavy atom. The van der Waals surface area contributed by atoms with Crippen molar-refractivity contribution in [1.29, 1.82) is 0 Å². The smallest absolute Gasteiger partial charge is 0.115 e. The van der Waals surface area contributed by atoms with Gasteiger partial charge in [0, 0.05) is 35.7 Å². The monoisotopic (exact) mass is 606 g/mol. The molecule has 0 N–H and O–H groups in total. The summed E-state index contributed by atoms with van der Waals surface area (Å²) >= 11 is 0. The molecule has 4 aromatic heterocycles. The highest BCUT2D eigenvalue weighted by atomic mass is 15.1. The first-order chi connectivity index (χ1) is 21.1. The molecule has 0 amide bonds. The quantitative estimate of drug-likeness (QED) is 0.175. The number of benzene rings is 1. The molecule has 0 bridgehead atoms. The van der Waals surface area contributed by atoms with E-state index in [1.807, 2.05) is 66.2 Å². The second kappa shape index (κ2) is 19.1. The van der Waals surface area contributed by atoms with Crippen LogP contribution in [0.2, 0.25) is 0 Å². The van der Waals surface area contributed by atoms with Crippen LogP contribution >= 0.6 is 0 Å². The zero-order valence-electron chi connectivity index (χ0n) is 30.4. The molecule has 240 valence electrons. The van der Waals surface area contributed by atoms with E-state index in [0.29, 0.717) is 0 Å². The van der Waals surface area contributed by atoms with Gasteiger partial charge < -0.3 is 0 Å². The van der Waals surface area contributed by atoms with Crippen LogP contribution in [0.5, 0.6) is 0 Å². The Morgan fingerprint density at radius 1 is 0.378 bits per heavy atom. The molecule has 6 heteroatoms. The van der Waals surface area contributed by atoms with Crippen molar-refractivity contribution in [1.82, 2.24) is 30.1 Å². The fourth-order valence-electron chi connectivity index (χ4n) is 3.75. The van der Waals surface area contributed by atoms with Gasteiger partial charge in [-0.25, -0.2) is 9.97 Å². The lowest BCUT2D eigenvalue weighted by Gasteiger charge is -2.00. The number of rotatable bonds is 0. The van der Waals surface area contributed by atoms with Crippen molar-refractivity contribution in [3.8, 4) is 0 Å². The van der Waals surface area contributed by atoms with Crippen LogP contribution in [0.4, 0.5) is 0 Å². The number of nitrogens with zero attached hydrogens (tertiary/aromatic N) is 6. The van der Waals surface area contributed by atoms with E-state index in [0.717, 1.165) is 22.8 Å².